The molecule has 0 bridgehead atoms. The van der Waals surface area contributed by atoms with Gasteiger partial charge in [0.1, 0.15) is 12.4 Å². The van der Waals surface area contributed by atoms with E-state index in [4.69, 9.17) is 20.9 Å². The zero-order valence-electron chi connectivity index (χ0n) is 23.1. The third-order valence-electron chi connectivity index (χ3n) is 7.51. The van der Waals surface area contributed by atoms with Crippen molar-refractivity contribution >= 4 is 17.5 Å². The van der Waals surface area contributed by atoms with Gasteiger partial charge in [0.15, 0.2) is 11.5 Å². The zero-order valence-corrected chi connectivity index (χ0v) is 23.9. The molecule has 0 spiro atoms. The van der Waals surface area contributed by atoms with E-state index in [1.165, 1.54) is 30.4 Å². The Morgan fingerprint density at radius 3 is 2.38 bits per heavy atom. The number of aromatic nitrogens is 1. The van der Waals surface area contributed by atoms with E-state index in [9.17, 15) is 4.79 Å². The van der Waals surface area contributed by atoms with Crippen molar-refractivity contribution in [2.24, 2.45) is 0 Å². The second-order valence-electron chi connectivity index (χ2n) is 10.6. The predicted molar refractivity (Wildman–Crippen MR) is 159 cm³/mol. The lowest BCUT2D eigenvalue weighted by Gasteiger charge is -2.35. The fraction of sp³-hybridized carbons (Fsp3) is 0.333. The minimum atomic E-state index is -0.240. The molecule has 1 fully saturated rings. The van der Waals surface area contributed by atoms with Crippen molar-refractivity contribution in [2.45, 2.75) is 51.7 Å². The maximum Gasteiger partial charge on any atom is 0.273 e. The largest absolute Gasteiger partial charge is 0.489 e. The average Bonchev–Trinajstić information content (AvgIpc) is 3.48. The summed E-state index contributed by atoms with van der Waals surface area (Å²) in [6, 6.07) is 25.7. The summed E-state index contributed by atoms with van der Waals surface area (Å²) in [7, 11) is 0. The summed E-state index contributed by atoms with van der Waals surface area (Å²) in [6.07, 6.45) is 3.63. The number of ether oxygens (including phenoxy) is 1. The van der Waals surface area contributed by atoms with Gasteiger partial charge in [-0.25, -0.2) is 0 Å². The second-order valence-corrected chi connectivity index (χ2v) is 11.0. The van der Waals surface area contributed by atoms with Crippen LogP contribution in [-0.2, 0) is 6.61 Å². The van der Waals surface area contributed by atoms with Gasteiger partial charge in [-0.2, -0.15) is 0 Å². The number of nitrogens with zero attached hydrogens (tertiary/aromatic N) is 2. The Bertz CT molecular complexity index is 1390. The van der Waals surface area contributed by atoms with Crippen LogP contribution in [-0.4, -0.2) is 35.6 Å². The summed E-state index contributed by atoms with van der Waals surface area (Å²) in [4.78, 5) is 15.6. The predicted octanol–water partition coefficient (Wildman–Crippen LogP) is 7.65. The molecule has 5 rings (SSSR count). The number of nitrogens with one attached hydrogen (secondary N) is 1. The van der Waals surface area contributed by atoms with Crippen LogP contribution in [0.5, 0.6) is 5.75 Å². The molecule has 0 radical (unpaired) electrons. The Morgan fingerprint density at radius 2 is 1.68 bits per heavy atom. The summed E-state index contributed by atoms with van der Waals surface area (Å²) >= 11 is 6.22. The van der Waals surface area contributed by atoms with Gasteiger partial charge >= 0.3 is 0 Å². The number of rotatable bonds is 10. The number of carbonyl (C=O) groups excluding carboxylic acids is 1. The van der Waals surface area contributed by atoms with Crippen molar-refractivity contribution in [1.29, 1.82) is 0 Å². The molecule has 40 heavy (non-hydrogen) atoms. The Labute approximate surface area is 241 Å². The molecule has 4 aromatic rings. The van der Waals surface area contributed by atoms with Crippen molar-refractivity contribution in [3.63, 3.8) is 0 Å². The van der Waals surface area contributed by atoms with Gasteiger partial charge in [-0.3, -0.25) is 9.69 Å². The van der Waals surface area contributed by atoms with Crippen LogP contribution in [0.15, 0.2) is 83.4 Å². The quantitative estimate of drug-likeness (QED) is 0.217. The number of hydrogen-bond acceptors (Lipinski definition) is 5. The van der Waals surface area contributed by atoms with E-state index < -0.39 is 0 Å². The maximum atomic E-state index is 13.1. The van der Waals surface area contributed by atoms with Gasteiger partial charge in [-0.15, -0.1) is 0 Å². The molecule has 3 aromatic carbocycles. The zero-order chi connectivity index (χ0) is 27.9. The molecule has 1 aromatic heterocycles. The number of piperidine rings is 1. The molecule has 208 valence electrons. The first-order chi connectivity index (χ1) is 19.5. The molecule has 1 aliphatic heterocycles. The number of hydrogen-bond donors (Lipinski definition) is 1. The number of benzene rings is 3. The van der Waals surface area contributed by atoms with Gasteiger partial charge in [0.25, 0.3) is 5.91 Å². The molecule has 2 heterocycles. The normalized spacial score (nSPS) is 14.7. The van der Waals surface area contributed by atoms with Gasteiger partial charge in [0.05, 0.1) is 6.04 Å². The second kappa shape index (κ2) is 13.2. The highest BCUT2D eigenvalue weighted by Crippen LogP contribution is 2.27. The Kier molecular flexibility index (Phi) is 9.19. The van der Waals surface area contributed by atoms with Gasteiger partial charge in [0, 0.05) is 28.8 Å². The third kappa shape index (κ3) is 6.93. The van der Waals surface area contributed by atoms with E-state index in [0.29, 0.717) is 35.6 Å². The van der Waals surface area contributed by atoms with Crippen molar-refractivity contribution in [2.75, 3.05) is 19.6 Å². The van der Waals surface area contributed by atoms with Crippen LogP contribution < -0.4 is 10.1 Å². The summed E-state index contributed by atoms with van der Waals surface area (Å²) in [5, 5.41) is 7.84. The SMILES string of the molecule is CC(C)c1ccc(C(CNC(=O)c2cc(-c3ccc(OCc4ccccc4Cl)cc3)on2)N2CCCCC2)cc1. The van der Waals surface area contributed by atoms with E-state index in [2.05, 4.69) is 53.5 Å². The van der Waals surface area contributed by atoms with Crippen LogP contribution >= 0.6 is 11.6 Å². The molecule has 1 saturated heterocycles. The smallest absolute Gasteiger partial charge is 0.273 e. The molecule has 1 unspecified atom stereocenters. The Balaban J connectivity index is 1.21. The van der Waals surface area contributed by atoms with Crippen molar-refractivity contribution in [1.82, 2.24) is 15.4 Å². The standard InChI is InChI=1S/C33H36ClN3O3/c1-23(2)24-10-12-25(13-11-24)31(37-18-6-3-7-19-37)21-35-33(38)30-20-32(40-36-30)26-14-16-28(17-15-26)39-22-27-8-4-5-9-29(27)34/h4-5,8-17,20,23,31H,3,6-7,18-19,21-22H2,1-2H3,(H,35,38). The van der Waals surface area contributed by atoms with E-state index in [1.807, 2.05) is 48.5 Å². The van der Waals surface area contributed by atoms with Gasteiger partial charge in [-0.1, -0.05) is 79.5 Å². The first-order valence-corrected chi connectivity index (χ1v) is 14.4. The molecular weight excluding hydrogens is 522 g/mol. The Morgan fingerprint density at radius 1 is 0.975 bits per heavy atom. The molecule has 1 atom stereocenters. The maximum absolute atomic E-state index is 13.1. The minimum absolute atomic E-state index is 0.121. The molecular formula is C33H36ClN3O3. The van der Waals surface area contributed by atoms with Crippen molar-refractivity contribution in [3.05, 3.63) is 106 Å². The molecule has 1 amide bonds. The number of carbonyl (C=O) groups is 1. The highest BCUT2D eigenvalue weighted by Gasteiger charge is 2.24. The average molecular weight is 558 g/mol. The minimum Gasteiger partial charge on any atom is -0.489 e. The van der Waals surface area contributed by atoms with Crippen molar-refractivity contribution < 1.29 is 14.1 Å². The lowest BCUT2D eigenvalue weighted by atomic mass is 9.97. The number of amides is 1. The monoisotopic (exact) mass is 557 g/mol. The summed E-state index contributed by atoms with van der Waals surface area (Å²) in [5.41, 5.74) is 4.55. The topological polar surface area (TPSA) is 67.6 Å². The highest BCUT2D eigenvalue weighted by molar-refractivity contribution is 6.31. The van der Waals surface area contributed by atoms with Gasteiger partial charge in [-0.05, 0) is 73.3 Å². The highest BCUT2D eigenvalue weighted by atomic mass is 35.5. The van der Waals surface area contributed by atoms with Gasteiger partial charge in [0.2, 0.25) is 0 Å². The molecule has 1 aliphatic rings. The molecule has 0 aliphatic carbocycles. The van der Waals surface area contributed by atoms with Crippen LogP contribution in [0.1, 0.15) is 72.2 Å². The lowest BCUT2D eigenvalue weighted by molar-refractivity contribution is 0.0915. The summed E-state index contributed by atoms with van der Waals surface area (Å²) in [5.74, 6) is 1.49. The molecule has 0 saturated carbocycles. The summed E-state index contributed by atoms with van der Waals surface area (Å²) < 4.78 is 11.4. The molecule has 7 heteroatoms. The van der Waals surface area contributed by atoms with E-state index in [0.717, 1.165) is 24.2 Å². The first-order valence-electron chi connectivity index (χ1n) is 14.0. The van der Waals surface area contributed by atoms with Crippen molar-refractivity contribution in [3.8, 4) is 17.1 Å². The fourth-order valence-electron chi connectivity index (χ4n) is 5.08. The van der Waals surface area contributed by atoms with Crippen LogP contribution in [0, 0.1) is 0 Å². The molecule has 1 N–H and O–H groups in total. The lowest BCUT2D eigenvalue weighted by Crippen LogP contribution is -2.40. The Hall–Kier alpha value is -3.61. The summed E-state index contributed by atoms with van der Waals surface area (Å²) in [6.45, 7) is 7.38. The van der Waals surface area contributed by atoms with E-state index >= 15 is 0 Å². The van der Waals surface area contributed by atoms with Crippen LogP contribution in [0.4, 0.5) is 0 Å². The van der Waals surface area contributed by atoms with Crippen LogP contribution in [0.25, 0.3) is 11.3 Å². The van der Waals surface area contributed by atoms with E-state index in [-0.39, 0.29) is 17.6 Å². The fourth-order valence-corrected chi connectivity index (χ4v) is 5.27. The molecule has 6 nitrogen and oxygen atoms in total. The number of halogens is 1. The van der Waals surface area contributed by atoms with E-state index in [1.54, 1.807) is 6.07 Å². The third-order valence-corrected chi connectivity index (χ3v) is 7.88. The first kappa shape index (κ1) is 27.9. The van der Waals surface area contributed by atoms with Crippen LogP contribution in [0.3, 0.4) is 0 Å². The van der Waals surface area contributed by atoms with Gasteiger partial charge < -0.3 is 14.6 Å². The number of likely N-dealkylation sites (tertiary alicyclic amines) is 1. The van der Waals surface area contributed by atoms with Crippen LogP contribution in [0.2, 0.25) is 5.02 Å².